The largest absolute Gasteiger partial charge is 0.344 e. The highest BCUT2D eigenvalue weighted by Crippen LogP contribution is 2.36. The van der Waals surface area contributed by atoms with Crippen molar-refractivity contribution in [3.05, 3.63) is 189 Å². The van der Waals surface area contributed by atoms with Gasteiger partial charge in [-0.3, -0.25) is 0 Å². The lowest BCUT2D eigenvalue weighted by Crippen LogP contribution is -1.99. The summed E-state index contributed by atoms with van der Waals surface area (Å²) in [5.74, 6) is 14.0. The minimum absolute atomic E-state index is 0.0594. The summed E-state index contributed by atoms with van der Waals surface area (Å²) < 4.78 is 3.35. The Morgan fingerprint density at radius 3 is 1.37 bits per heavy atom. The Labute approximate surface area is 279 Å². The number of hydrogen-bond donors (Lipinski definition) is 0. The number of fused-ring (bicyclic) bond motifs is 3. The fourth-order valence-electron chi connectivity index (χ4n) is 6.10. The molecule has 0 N–H and O–H groups in total. The Morgan fingerprint density at radius 1 is 0.500 bits per heavy atom. The monoisotopic (exact) mass is 653 g/mol. The van der Waals surface area contributed by atoms with Gasteiger partial charge in [0.2, 0.25) is 0 Å². The lowest BCUT2D eigenvalue weighted by Gasteiger charge is -2.14. The van der Waals surface area contributed by atoms with Gasteiger partial charge in [0.25, 0.3) is 0 Å². The van der Waals surface area contributed by atoms with Gasteiger partial charge in [-0.15, -0.1) is 0 Å². The zero-order chi connectivity index (χ0) is 31.5. The van der Waals surface area contributed by atoms with Crippen molar-refractivity contribution >= 4 is 37.7 Å². The highest BCUT2D eigenvalue weighted by atomic mass is 79.9. The molecule has 2 heteroatoms. The molecule has 1 nitrogen and oxygen atoms in total. The van der Waals surface area contributed by atoms with Gasteiger partial charge in [-0.25, -0.2) is 0 Å². The Bertz CT molecular complexity index is 2110. The van der Waals surface area contributed by atoms with Crippen molar-refractivity contribution in [1.82, 2.24) is 4.57 Å². The first-order chi connectivity index (χ1) is 22.5. The Kier molecular flexibility index (Phi) is 8.31. The third-order valence-electron chi connectivity index (χ3n) is 8.60. The summed E-state index contributed by atoms with van der Waals surface area (Å²) in [6.45, 7) is 2.12. The molecule has 2 atom stereocenters. The van der Waals surface area contributed by atoms with Gasteiger partial charge in [0.05, 0.1) is 11.8 Å². The van der Waals surface area contributed by atoms with Crippen LogP contribution in [0.15, 0.2) is 150 Å². The molecule has 0 amide bonds. The predicted molar refractivity (Wildman–Crippen MR) is 196 cm³/mol. The van der Waals surface area contributed by atoms with Crippen LogP contribution in [0.1, 0.15) is 50.8 Å². The van der Waals surface area contributed by atoms with Gasteiger partial charge in [0, 0.05) is 44.5 Å². The van der Waals surface area contributed by atoms with E-state index in [1.54, 1.807) is 0 Å². The number of aromatic nitrogens is 1. The second-order valence-corrected chi connectivity index (χ2v) is 12.6. The highest BCUT2D eigenvalue weighted by molar-refractivity contribution is 9.10. The van der Waals surface area contributed by atoms with Crippen LogP contribution in [0, 0.1) is 30.6 Å². The summed E-state index contributed by atoms with van der Waals surface area (Å²) in [7, 11) is 2.15. The molecular formula is C44H32BrN. The molecule has 0 saturated carbocycles. The van der Waals surface area contributed by atoms with Crippen molar-refractivity contribution in [2.45, 2.75) is 18.8 Å². The topological polar surface area (TPSA) is 4.93 Å². The van der Waals surface area contributed by atoms with Gasteiger partial charge in [0.1, 0.15) is 0 Å². The molecule has 0 aliphatic carbocycles. The molecule has 0 radical (unpaired) electrons. The van der Waals surface area contributed by atoms with Crippen LogP contribution in [0.3, 0.4) is 0 Å². The van der Waals surface area contributed by atoms with Crippen LogP contribution in [0.2, 0.25) is 0 Å². The van der Waals surface area contributed by atoms with E-state index in [1.807, 2.05) is 36.4 Å². The predicted octanol–water partition coefficient (Wildman–Crippen LogP) is 10.8. The summed E-state index contributed by atoms with van der Waals surface area (Å²) >= 11 is 3.60. The quantitative estimate of drug-likeness (QED) is 0.167. The zero-order valence-electron chi connectivity index (χ0n) is 25.8. The van der Waals surface area contributed by atoms with Crippen molar-refractivity contribution in [3.8, 4) is 23.7 Å². The fraction of sp³-hybridized carbons (Fsp3) is 0.0909. The number of hydrogen-bond acceptors (Lipinski definition) is 0. The zero-order valence-corrected chi connectivity index (χ0v) is 27.4. The van der Waals surface area contributed by atoms with Crippen molar-refractivity contribution in [2.24, 2.45) is 7.05 Å². The van der Waals surface area contributed by atoms with Crippen LogP contribution in [0.4, 0.5) is 0 Å². The van der Waals surface area contributed by atoms with E-state index in [1.165, 1.54) is 49.6 Å². The third kappa shape index (κ3) is 6.14. The third-order valence-corrected chi connectivity index (χ3v) is 9.13. The molecule has 0 fully saturated rings. The lowest BCUT2D eigenvalue weighted by atomic mass is 9.89. The number of benzene rings is 6. The molecule has 2 unspecified atom stereocenters. The van der Waals surface area contributed by atoms with E-state index in [4.69, 9.17) is 0 Å². The maximum atomic E-state index is 3.62. The van der Waals surface area contributed by atoms with Crippen molar-refractivity contribution in [3.63, 3.8) is 0 Å². The second-order valence-electron chi connectivity index (χ2n) is 11.7. The molecule has 7 rings (SSSR count). The summed E-state index contributed by atoms with van der Waals surface area (Å²) in [5.41, 5.74) is 10.4. The van der Waals surface area contributed by atoms with Gasteiger partial charge in [-0.05, 0) is 89.8 Å². The molecule has 220 valence electrons. The Balaban J connectivity index is 1.37. The normalized spacial score (nSPS) is 12.2. The summed E-state index contributed by atoms with van der Waals surface area (Å²) in [6.07, 6.45) is 0. The van der Waals surface area contributed by atoms with Crippen molar-refractivity contribution in [2.75, 3.05) is 0 Å². The fourth-order valence-corrected chi connectivity index (χ4v) is 6.36. The van der Waals surface area contributed by atoms with E-state index in [-0.39, 0.29) is 11.8 Å². The first-order valence-electron chi connectivity index (χ1n) is 15.5. The minimum Gasteiger partial charge on any atom is -0.344 e. The molecule has 0 saturated heterocycles. The second kappa shape index (κ2) is 13.0. The average Bonchev–Trinajstić information content (AvgIpc) is 3.37. The van der Waals surface area contributed by atoms with Gasteiger partial charge >= 0.3 is 0 Å². The van der Waals surface area contributed by atoms with E-state index < -0.39 is 0 Å². The van der Waals surface area contributed by atoms with Crippen LogP contribution in [0.5, 0.6) is 0 Å². The van der Waals surface area contributed by atoms with Crippen LogP contribution >= 0.6 is 15.9 Å². The van der Waals surface area contributed by atoms with Crippen molar-refractivity contribution < 1.29 is 0 Å². The molecule has 0 spiro atoms. The van der Waals surface area contributed by atoms with E-state index in [0.717, 1.165) is 15.6 Å². The van der Waals surface area contributed by atoms with Crippen molar-refractivity contribution in [1.29, 1.82) is 0 Å². The molecular weight excluding hydrogens is 622 g/mol. The van der Waals surface area contributed by atoms with Crippen LogP contribution in [0.25, 0.3) is 21.8 Å². The van der Waals surface area contributed by atoms with Crippen LogP contribution < -0.4 is 0 Å². The lowest BCUT2D eigenvalue weighted by molar-refractivity contribution is 1.01. The number of aryl methyl sites for hydroxylation is 2. The SMILES string of the molecule is Cc1ccc(C(C#Cc2ccccc2)c2ccc3c(c2)c2cc(C(C#Cc4ccccc4)c4ccc(Br)cc4)ccc2n3C)cc1. The smallest absolute Gasteiger partial charge is 0.0706 e. The average molecular weight is 655 g/mol. The van der Waals surface area contributed by atoms with Gasteiger partial charge in [0.15, 0.2) is 0 Å². The van der Waals surface area contributed by atoms with E-state index >= 15 is 0 Å². The number of rotatable bonds is 4. The highest BCUT2D eigenvalue weighted by Gasteiger charge is 2.18. The first-order valence-corrected chi connectivity index (χ1v) is 16.3. The van der Waals surface area contributed by atoms with Crippen LogP contribution in [-0.2, 0) is 7.05 Å². The molecule has 0 aliphatic rings. The van der Waals surface area contributed by atoms with Gasteiger partial charge < -0.3 is 4.57 Å². The number of halogens is 1. The maximum absolute atomic E-state index is 3.62. The van der Waals surface area contributed by atoms with E-state index in [0.29, 0.717) is 0 Å². The minimum atomic E-state index is -0.0757. The molecule has 1 aromatic heterocycles. The summed E-state index contributed by atoms with van der Waals surface area (Å²) in [4.78, 5) is 0. The van der Waals surface area contributed by atoms with E-state index in [2.05, 4.69) is 167 Å². The summed E-state index contributed by atoms with van der Waals surface area (Å²) in [5, 5.41) is 2.44. The molecule has 7 aromatic rings. The van der Waals surface area contributed by atoms with E-state index in [9.17, 15) is 0 Å². The molecule has 0 bridgehead atoms. The van der Waals surface area contributed by atoms with Gasteiger partial charge in [-0.1, -0.05) is 130 Å². The Morgan fingerprint density at radius 2 is 0.913 bits per heavy atom. The molecule has 0 aliphatic heterocycles. The molecule has 6 aromatic carbocycles. The number of nitrogens with zero attached hydrogens (tertiary/aromatic N) is 1. The molecule has 1 heterocycles. The molecule has 46 heavy (non-hydrogen) atoms. The first kappa shape index (κ1) is 29.4. The maximum Gasteiger partial charge on any atom is 0.0706 e. The standard InChI is InChI=1S/C44H32BrN/c1-31-13-17-34(18-14-31)39(25-15-32-9-5-3-6-10-32)36-21-27-43-41(29-36)42-30-37(22-28-44(42)46(43)2)40(35-19-23-38(45)24-20-35)26-16-33-11-7-4-8-12-33/h3-14,17-24,27-30,39-40H,1-2H3. The van der Waals surface area contributed by atoms with Crippen LogP contribution in [-0.4, -0.2) is 4.57 Å². The Hall–Kier alpha value is -5.28. The van der Waals surface area contributed by atoms with Gasteiger partial charge in [-0.2, -0.15) is 0 Å². The summed E-state index contributed by atoms with van der Waals surface area (Å²) in [6, 6.07) is 51.4.